The van der Waals surface area contributed by atoms with Gasteiger partial charge >= 0.3 is 0 Å². The monoisotopic (exact) mass is 283 g/mol. The van der Waals surface area contributed by atoms with Gasteiger partial charge in [-0.25, -0.2) is 0 Å². The van der Waals surface area contributed by atoms with Crippen LogP contribution in [-0.4, -0.2) is 46.3 Å². The van der Waals surface area contributed by atoms with Crippen molar-refractivity contribution >= 4 is 23.5 Å². The molecule has 7 heteroatoms. The molecule has 0 amide bonds. The predicted molar refractivity (Wildman–Crippen MR) is 73.5 cm³/mol. The summed E-state index contributed by atoms with van der Waals surface area (Å²) in [6.07, 6.45) is 4.43. The van der Waals surface area contributed by atoms with Crippen LogP contribution in [0.4, 0.5) is 11.9 Å². The highest BCUT2D eigenvalue weighted by atomic mass is 35.5. The third-order valence-corrected chi connectivity index (χ3v) is 4.07. The molecule has 2 aliphatic rings. The molecule has 104 valence electrons. The molecular formula is C12H18ClN5O. The largest absolute Gasteiger partial charge is 0.396 e. The van der Waals surface area contributed by atoms with Gasteiger partial charge in [-0.15, -0.1) is 0 Å². The Kier molecular flexibility index (Phi) is 3.45. The van der Waals surface area contributed by atoms with Crippen LogP contribution in [0.5, 0.6) is 0 Å². The number of nitrogens with zero attached hydrogens (tertiary/aromatic N) is 4. The summed E-state index contributed by atoms with van der Waals surface area (Å²) in [5.41, 5.74) is 0.0207. The Hall–Kier alpha value is -1.14. The van der Waals surface area contributed by atoms with Crippen molar-refractivity contribution in [2.45, 2.75) is 25.7 Å². The highest BCUT2D eigenvalue weighted by Crippen LogP contribution is 2.44. The van der Waals surface area contributed by atoms with Gasteiger partial charge in [-0.05, 0) is 37.3 Å². The number of hydrogen-bond acceptors (Lipinski definition) is 6. The number of halogens is 1. The Morgan fingerprint density at radius 2 is 1.95 bits per heavy atom. The van der Waals surface area contributed by atoms with E-state index in [2.05, 4.69) is 25.2 Å². The molecule has 0 atom stereocenters. The molecule has 1 aliphatic heterocycles. The second kappa shape index (κ2) is 5.09. The molecule has 0 aromatic carbocycles. The number of aliphatic hydroxyl groups excluding tert-OH is 1. The molecule has 1 aliphatic carbocycles. The van der Waals surface area contributed by atoms with Gasteiger partial charge < -0.3 is 15.3 Å². The summed E-state index contributed by atoms with van der Waals surface area (Å²) < 4.78 is 0. The maximum atomic E-state index is 9.29. The minimum Gasteiger partial charge on any atom is -0.396 e. The van der Waals surface area contributed by atoms with Crippen molar-refractivity contribution in [3.05, 3.63) is 5.28 Å². The fraction of sp³-hybridized carbons (Fsp3) is 0.750. The first-order valence-electron chi connectivity index (χ1n) is 6.72. The summed E-state index contributed by atoms with van der Waals surface area (Å²) in [6, 6.07) is 0. The lowest BCUT2D eigenvalue weighted by Crippen LogP contribution is -2.23. The van der Waals surface area contributed by atoms with Gasteiger partial charge in [0.05, 0.1) is 6.61 Å². The number of nitrogens with one attached hydrogen (secondary N) is 1. The summed E-state index contributed by atoms with van der Waals surface area (Å²) in [6.45, 7) is 2.84. The molecule has 2 fully saturated rings. The number of aliphatic hydroxyl groups is 1. The Morgan fingerprint density at radius 3 is 2.58 bits per heavy atom. The molecule has 3 rings (SSSR count). The van der Waals surface area contributed by atoms with E-state index in [1.54, 1.807) is 0 Å². The van der Waals surface area contributed by atoms with Gasteiger partial charge in [0, 0.05) is 25.0 Å². The number of anilines is 2. The van der Waals surface area contributed by atoms with Crippen molar-refractivity contribution in [3.8, 4) is 0 Å². The molecule has 0 spiro atoms. The minimum atomic E-state index is 0.0207. The number of aromatic nitrogens is 3. The van der Waals surface area contributed by atoms with E-state index in [9.17, 15) is 5.11 Å². The second-order valence-electron chi connectivity index (χ2n) is 5.43. The molecule has 1 saturated heterocycles. The molecule has 0 bridgehead atoms. The van der Waals surface area contributed by atoms with Gasteiger partial charge in [0.25, 0.3) is 0 Å². The van der Waals surface area contributed by atoms with Gasteiger partial charge in [-0.3, -0.25) is 0 Å². The van der Waals surface area contributed by atoms with Crippen LogP contribution in [0.3, 0.4) is 0 Å². The van der Waals surface area contributed by atoms with Crippen LogP contribution < -0.4 is 10.2 Å². The lowest BCUT2D eigenvalue weighted by Gasteiger charge is -2.17. The SMILES string of the molecule is OCC1(CNc2nc(Cl)nc(N3CCCC3)n2)CC1. The first kappa shape index (κ1) is 12.9. The topological polar surface area (TPSA) is 74.2 Å². The van der Waals surface area contributed by atoms with Crippen LogP contribution in [0.2, 0.25) is 5.28 Å². The zero-order valence-electron chi connectivity index (χ0n) is 10.8. The third kappa shape index (κ3) is 2.90. The Labute approximate surface area is 117 Å². The standard InChI is InChI=1S/C12H18ClN5O/c13-9-15-10(14-7-12(8-19)3-4-12)17-11(16-9)18-5-1-2-6-18/h19H,1-8H2,(H,14,15,16,17). The van der Waals surface area contributed by atoms with E-state index in [1.807, 2.05) is 0 Å². The Balaban J connectivity index is 1.70. The van der Waals surface area contributed by atoms with E-state index >= 15 is 0 Å². The van der Waals surface area contributed by atoms with E-state index in [4.69, 9.17) is 11.6 Å². The highest BCUT2D eigenvalue weighted by molar-refractivity contribution is 6.28. The smallest absolute Gasteiger partial charge is 0.231 e. The minimum absolute atomic E-state index is 0.0207. The van der Waals surface area contributed by atoms with E-state index in [0.29, 0.717) is 18.4 Å². The molecule has 0 unspecified atom stereocenters. The van der Waals surface area contributed by atoms with Gasteiger partial charge in [0.1, 0.15) is 0 Å². The second-order valence-corrected chi connectivity index (χ2v) is 5.77. The van der Waals surface area contributed by atoms with E-state index < -0.39 is 0 Å². The number of rotatable bonds is 5. The van der Waals surface area contributed by atoms with Crippen molar-refractivity contribution < 1.29 is 5.11 Å². The summed E-state index contributed by atoms with van der Waals surface area (Å²) in [4.78, 5) is 14.8. The molecule has 2 N–H and O–H groups in total. The number of hydrogen-bond donors (Lipinski definition) is 2. The fourth-order valence-electron chi connectivity index (χ4n) is 2.31. The first-order chi connectivity index (χ1) is 9.21. The maximum Gasteiger partial charge on any atom is 0.231 e. The normalized spacial score (nSPS) is 20.6. The van der Waals surface area contributed by atoms with Crippen molar-refractivity contribution in [3.63, 3.8) is 0 Å². The van der Waals surface area contributed by atoms with Crippen LogP contribution in [0, 0.1) is 5.41 Å². The molecule has 19 heavy (non-hydrogen) atoms. The van der Waals surface area contributed by atoms with Crippen molar-refractivity contribution in [1.29, 1.82) is 0 Å². The van der Waals surface area contributed by atoms with Crippen LogP contribution in [0.25, 0.3) is 0 Å². The molecule has 1 aromatic rings. The average Bonchev–Trinajstić information content (AvgIpc) is 2.98. The zero-order valence-corrected chi connectivity index (χ0v) is 11.5. The van der Waals surface area contributed by atoms with Gasteiger partial charge in [-0.2, -0.15) is 15.0 Å². The first-order valence-corrected chi connectivity index (χ1v) is 7.10. The predicted octanol–water partition coefficient (Wildman–Crippen LogP) is 1.31. The molecule has 2 heterocycles. The Bertz CT molecular complexity index is 459. The maximum absolute atomic E-state index is 9.29. The van der Waals surface area contributed by atoms with Crippen LogP contribution >= 0.6 is 11.6 Å². The van der Waals surface area contributed by atoms with Crippen molar-refractivity contribution in [2.75, 3.05) is 36.5 Å². The van der Waals surface area contributed by atoms with Crippen LogP contribution in [0.15, 0.2) is 0 Å². The van der Waals surface area contributed by atoms with Gasteiger partial charge in [0.2, 0.25) is 17.2 Å². The van der Waals surface area contributed by atoms with Gasteiger partial charge in [0.15, 0.2) is 0 Å². The molecule has 1 saturated carbocycles. The average molecular weight is 284 g/mol. The molecule has 6 nitrogen and oxygen atoms in total. The van der Waals surface area contributed by atoms with E-state index in [-0.39, 0.29) is 17.3 Å². The fourth-order valence-corrected chi connectivity index (χ4v) is 2.47. The third-order valence-electron chi connectivity index (χ3n) is 3.90. The summed E-state index contributed by atoms with van der Waals surface area (Å²) in [5.74, 6) is 1.15. The van der Waals surface area contributed by atoms with Crippen LogP contribution in [0.1, 0.15) is 25.7 Å². The van der Waals surface area contributed by atoms with Crippen molar-refractivity contribution in [1.82, 2.24) is 15.0 Å². The van der Waals surface area contributed by atoms with E-state index in [1.165, 1.54) is 12.8 Å². The van der Waals surface area contributed by atoms with Crippen molar-refractivity contribution in [2.24, 2.45) is 5.41 Å². The lowest BCUT2D eigenvalue weighted by molar-refractivity contribution is 0.219. The summed E-state index contributed by atoms with van der Waals surface area (Å²) in [5, 5.41) is 12.7. The molecule has 1 aromatic heterocycles. The Morgan fingerprint density at radius 1 is 1.21 bits per heavy atom. The van der Waals surface area contributed by atoms with E-state index in [0.717, 1.165) is 25.9 Å². The lowest BCUT2D eigenvalue weighted by atomic mass is 10.1. The quantitative estimate of drug-likeness (QED) is 0.849. The molecular weight excluding hydrogens is 266 g/mol. The van der Waals surface area contributed by atoms with Gasteiger partial charge in [-0.1, -0.05) is 0 Å². The van der Waals surface area contributed by atoms with Crippen LogP contribution in [-0.2, 0) is 0 Å². The molecule has 0 radical (unpaired) electrons. The summed E-state index contributed by atoms with van der Waals surface area (Å²) >= 11 is 5.95. The summed E-state index contributed by atoms with van der Waals surface area (Å²) in [7, 11) is 0. The zero-order chi connectivity index (χ0) is 13.3. The highest BCUT2D eigenvalue weighted by Gasteiger charge is 2.41.